The van der Waals surface area contributed by atoms with Gasteiger partial charge >= 0.3 is 0 Å². The highest BCUT2D eigenvalue weighted by Crippen LogP contribution is 2.18. The molecule has 0 aromatic carbocycles. The van der Waals surface area contributed by atoms with Gasteiger partial charge in [0.1, 0.15) is 19.3 Å². The second kappa shape index (κ2) is 9.79. The predicted octanol–water partition coefficient (Wildman–Crippen LogP) is 2.72. The SMILES string of the molecule is CON=C[C@H](OC)[C@H](OC)[C@@H](CO[Si](C)(C)C)O[Si](C)(C)C. The molecule has 8 heteroatoms. The summed E-state index contributed by atoms with van der Waals surface area (Å²) < 4.78 is 23.4. The monoisotopic (exact) mass is 351 g/mol. The minimum absolute atomic E-state index is 0.211. The Hall–Kier alpha value is -0.256. The fourth-order valence-electron chi connectivity index (χ4n) is 1.88. The number of ether oxygens (including phenoxy) is 2. The Kier molecular flexibility index (Phi) is 9.67. The summed E-state index contributed by atoms with van der Waals surface area (Å²) in [6.07, 6.45) is 0.698. The zero-order valence-electron chi connectivity index (χ0n) is 15.5. The first-order valence-corrected chi connectivity index (χ1v) is 14.3. The molecule has 0 aromatic heterocycles. The fraction of sp³-hybridized carbons (Fsp3) is 0.929. The maximum Gasteiger partial charge on any atom is 0.184 e. The van der Waals surface area contributed by atoms with E-state index in [1.807, 2.05) is 0 Å². The van der Waals surface area contributed by atoms with Gasteiger partial charge in [0.2, 0.25) is 0 Å². The van der Waals surface area contributed by atoms with Crippen LogP contribution in [0.3, 0.4) is 0 Å². The Morgan fingerprint density at radius 2 is 1.50 bits per heavy atom. The van der Waals surface area contributed by atoms with Crippen molar-refractivity contribution >= 4 is 22.8 Å². The molecule has 6 nitrogen and oxygen atoms in total. The number of hydrogen-bond acceptors (Lipinski definition) is 6. The van der Waals surface area contributed by atoms with Crippen LogP contribution in [-0.2, 0) is 23.2 Å². The number of oxime groups is 1. The van der Waals surface area contributed by atoms with E-state index in [0.717, 1.165) is 0 Å². The first kappa shape index (κ1) is 21.7. The molecule has 132 valence electrons. The van der Waals surface area contributed by atoms with E-state index in [9.17, 15) is 0 Å². The molecule has 0 saturated carbocycles. The van der Waals surface area contributed by atoms with Crippen molar-refractivity contribution in [2.45, 2.75) is 57.6 Å². The van der Waals surface area contributed by atoms with Gasteiger partial charge in [-0.15, -0.1) is 0 Å². The molecule has 0 rings (SSSR count). The predicted molar refractivity (Wildman–Crippen MR) is 94.6 cm³/mol. The van der Waals surface area contributed by atoms with E-state index in [1.165, 1.54) is 7.11 Å². The maximum atomic E-state index is 6.28. The van der Waals surface area contributed by atoms with Gasteiger partial charge in [0.05, 0.1) is 18.9 Å². The van der Waals surface area contributed by atoms with Crippen molar-refractivity contribution in [3.8, 4) is 0 Å². The van der Waals surface area contributed by atoms with E-state index in [-0.39, 0.29) is 18.3 Å². The number of rotatable bonds is 11. The van der Waals surface area contributed by atoms with E-state index in [0.29, 0.717) is 6.61 Å². The molecule has 0 aromatic rings. The molecule has 0 spiro atoms. The molecule has 0 aliphatic carbocycles. The molecule has 0 radical (unpaired) electrons. The van der Waals surface area contributed by atoms with Crippen molar-refractivity contribution in [3.05, 3.63) is 0 Å². The summed E-state index contributed by atoms with van der Waals surface area (Å²) in [6.45, 7) is 13.4. The van der Waals surface area contributed by atoms with Crippen LogP contribution in [0.15, 0.2) is 5.16 Å². The smallest absolute Gasteiger partial charge is 0.184 e. The zero-order valence-corrected chi connectivity index (χ0v) is 17.5. The van der Waals surface area contributed by atoms with Crippen molar-refractivity contribution in [3.63, 3.8) is 0 Å². The quantitative estimate of drug-likeness (QED) is 0.325. The van der Waals surface area contributed by atoms with Crippen LogP contribution >= 0.6 is 0 Å². The molecule has 0 heterocycles. The number of nitrogens with zero attached hydrogens (tertiary/aromatic N) is 1. The summed E-state index contributed by atoms with van der Waals surface area (Å²) in [5.74, 6) is 0. The Labute approximate surface area is 137 Å². The standard InChI is InChI=1S/C14H33NO5Si2/c1-16-12(10-15-18-3)14(17-2)13(20-22(7,8)9)11-19-21(4,5)6/h10,12-14H,11H2,1-9H3/t12-,13+,14-/m0/s1. The minimum atomic E-state index is -1.76. The van der Waals surface area contributed by atoms with Gasteiger partial charge in [-0.25, -0.2) is 0 Å². The lowest BCUT2D eigenvalue weighted by Gasteiger charge is -2.35. The Morgan fingerprint density at radius 3 is 1.86 bits per heavy atom. The van der Waals surface area contributed by atoms with Gasteiger partial charge in [0.25, 0.3) is 0 Å². The summed E-state index contributed by atoms with van der Waals surface area (Å²) in [7, 11) is 1.35. The summed E-state index contributed by atoms with van der Waals surface area (Å²) in [4.78, 5) is 4.74. The van der Waals surface area contributed by atoms with Crippen LogP contribution in [0.25, 0.3) is 0 Å². The molecule has 22 heavy (non-hydrogen) atoms. The van der Waals surface area contributed by atoms with Crippen molar-refractivity contribution in [2.75, 3.05) is 27.9 Å². The molecule has 0 aliphatic heterocycles. The summed E-state index contributed by atoms with van der Waals surface area (Å²) in [6, 6.07) is 0. The minimum Gasteiger partial charge on any atom is -0.415 e. The van der Waals surface area contributed by atoms with Gasteiger partial charge in [-0.1, -0.05) is 5.16 Å². The van der Waals surface area contributed by atoms with Crippen LogP contribution in [0.2, 0.25) is 39.3 Å². The van der Waals surface area contributed by atoms with Gasteiger partial charge in [0, 0.05) is 14.2 Å². The average Bonchev–Trinajstić information content (AvgIpc) is 2.37. The molecule has 0 unspecified atom stereocenters. The van der Waals surface area contributed by atoms with E-state index >= 15 is 0 Å². The highest BCUT2D eigenvalue weighted by molar-refractivity contribution is 6.70. The third kappa shape index (κ3) is 9.70. The van der Waals surface area contributed by atoms with Gasteiger partial charge in [0.15, 0.2) is 16.6 Å². The second-order valence-electron chi connectivity index (χ2n) is 7.03. The molecular weight excluding hydrogens is 318 g/mol. The third-order valence-electron chi connectivity index (χ3n) is 2.73. The molecule has 0 bridgehead atoms. The summed E-state index contributed by atoms with van der Waals surface area (Å²) >= 11 is 0. The lowest BCUT2D eigenvalue weighted by Crippen LogP contribution is -2.50. The normalized spacial score (nSPS) is 17.5. The van der Waals surface area contributed by atoms with Crippen molar-refractivity contribution < 1.29 is 23.2 Å². The van der Waals surface area contributed by atoms with E-state index in [1.54, 1.807) is 20.4 Å². The third-order valence-corrected chi connectivity index (χ3v) is 4.78. The lowest BCUT2D eigenvalue weighted by atomic mass is 10.1. The summed E-state index contributed by atoms with van der Waals surface area (Å²) in [5.41, 5.74) is 0. The van der Waals surface area contributed by atoms with E-state index < -0.39 is 16.6 Å². The molecular formula is C14H33NO5Si2. The summed E-state index contributed by atoms with van der Waals surface area (Å²) in [5, 5.41) is 3.79. The van der Waals surface area contributed by atoms with E-state index in [2.05, 4.69) is 44.4 Å². The van der Waals surface area contributed by atoms with Gasteiger partial charge < -0.3 is 23.2 Å². The van der Waals surface area contributed by atoms with Crippen LogP contribution in [0.5, 0.6) is 0 Å². The second-order valence-corrected chi connectivity index (χ2v) is 16.0. The topological polar surface area (TPSA) is 58.5 Å². The van der Waals surface area contributed by atoms with Crippen LogP contribution in [0.1, 0.15) is 0 Å². The van der Waals surface area contributed by atoms with Gasteiger partial charge in [-0.3, -0.25) is 0 Å². The highest BCUT2D eigenvalue weighted by atomic mass is 28.4. The van der Waals surface area contributed by atoms with Gasteiger partial charge in [-0.2, -0.15) is 0 Å². The Bertz CT molecular complexity index is 328. The maximum absolute atomic E-state index is 6.28. The molecule has 0 amide bonds. The number of hydrogen-bond donors (Lipinski definition) is 0. The number of methoxy groups -OCH3 is 2. The molecule has 0 aliphatic rings. The van der Waals surface area contributed by atoms with Crippen LogP contribution < -0.4 is 0 Å². The van der Waals surface area contributed by atoms with Crippen molar-refractivity contribution in [1.29, 1.82) is 0 Å². The molecule has 0 N–H and O–H groups in total. The first-order valence-electron chi connectivity index (χ1n) is 7.48. The Morgan fingerprint density at radius 1 is 0.909 bits per heavy atom. The van der Waals surface area contributed by atoms with Crippen LogP contribution in [-0.4, -0.2) is 69.1 Å². The average molecular weight is 352 g/mol. The largest absolute Gasteiger partial charge is 0.415 e. The van der Waals surface area contributed by atoms with Gasteiger partial charge in [-0.05, 0) is 39.3 Å². The lowest BCUT2D eigenvalue weighted by molar-refractivity contribution is -0.0764. The molecule has 3 atom stereocenters. The van der Waals surface area contributed by atoms with Crippen molar-refractivity contribution in [1.82, 2.24) is 0 Å². The first-order chi connectivity index (χ1) is 10.0. The Balaban J connectivity index is 5.16. The van der Waals surface area contributed by atoms with Crippen molar-refractivity contribution in [2.24, 2.45) is 5.16 Å². The molecule has 0 fully saturated rings. The zero-order chi connectivity index (χ0) is 17.4. The molecule has 0 saturated heterocycles. The van der Waals surface area contributed by atoms with Crippen LogP contribution in [0, 0.1) is 0 Å². The van der Waals surface area contributed by atoms with E-state index in [4.69, 9.17) is 23.2 Å². The highest BCUT2D eigenvalue weighted by Gasteiger charge is 2.34. The fourth-order valence-corrected chi connectivity index (χ4v) is 3.65. The van der Waals surface area contributed by atoms with Crippen LogP contribution in [0.4, 0.5) is 0 Å².